The van der Waals surface area contributed by atoms with Crippen LogP contribution in [0.5, 0.6) is 0 Å². The normalized spacial score (nSPS) is 10.6. The van der Waals surface area contributed by atoms with Crippen LogP contribution in [-0.4, -0.2) is 34.3 Å². The monoisotopic (exact) mass is 226 g/mol. The molecule has 0 amide bonds. The molecular formula is C9H18N6O. The van der Waals surface area contributed by atoms with Crippen molar-refractivity contribution in [3.05, 3.63) is 6.07 Å². The second kappa shape index (κ2) is 5.47. The van der Waals surface area contributed by atoms with Gasteiger partial charge in [-0.2, -0.15) is 9.97 Å². The maximum absolute atomic E-state index is 8.99. The second-order valence-corrected chi connectivity index (χ2v) is 3.62. The van der Waals surface area contributed by atoms with E-state index in [4.69, 9.17) is 16.7 Å². The summed E-state index contributed by atoms with van der Waals surface area (Å²) in [5.41, 5.74) is 7.99. The number of nitrogens with two attached hydrogens (primary N) is 2. The fourth-order valence-electron chi connectivity index (χ4n) is 1.42. The summed E-state index contributed by atoms with van der Waals surface area (Å²) < 4.78 is 0. The van der Waals surface area contributed by atoms with Crippen LogP contribution in [0.15, 0.2) is 6.07 Å². The number of hydrogen-bond donors (Lipinski definition) is 4. The zero-order valence-electron chi connectivity index (χ0n) is 9.51. The SMILES string of the molecule is CC(C)N(CCO)c1cc(NN)nc(N)n1. The van der Waals surface area contributed by atoms with Crippen molar-refractivity contribution < 1.29 is 5.11 Å². The van der Waals surface area contributed by atoms with Gasteiger partial charge in [0.15, 0.2) is 0 Å². The van der Waals surface area contributed by atoms with Gasteiger partial charge in [0.2, 0.25) is 5.95 Å². The Balaban J connectivity index is 3.03. The highest BCUT2D eigenvalue weighted by atomic mass is 16.3. The van der Waals surface area contributed by atoms with Crippen molar-refractivity contribution >= 4 is 17.6 Å². The van der Waals surface area contributed by atoms with Crippen LogP contribution >= 0.6 is 0 Å². The molecule has 0 fully saturated rings. The van der Waals surface area contributed by atoms with Crippen molar-refractivity contribution in [1.29, 1.82) is 0 Å². The summed E-state index contributed by atoms with van der Waals surface area (Å²) >= 11 is 0. The van der Waals surface area contributed by atoms with Crippen molar-refractivity contribution in [1.82, 2.24) is 9.97 Å². The van der Waals surface area contributed by atoms with Crippen LogP contribution in [0, 0.1) is 0 Å². The molecule has 0 saturated carbocycles. The maximum Gasteiger partial charge on any atom is 0.223 e. The highest BCUT2D eigenvalue weighted by Gasteiger charge is 2.13. The summed E-state index contributed by atoms with van der Waals surface area (Å²) in [6, 6.07) is 1.89. The van der Waals surface area contributed by atoms with Crippen molar-refractivity contribution in [2.24, 2.45) is 5.84 Å². The lowest BCUT2D eigenvalue weighted by atomic mass is 10.3. The average molecular weight is 226 g/mol. The number of nitrogen functional groups attached to an aromatic ring is 2. The number of nitrogens with zero attached hydrogens (tertiary/aromatic N) is 3. The number of aliphatic hydroxyl groups is 1. The smallest absolute Gasteiger partial charge is 0.223 e. The molecule has 0 aromatic carbocycles. The molecule has 0 aliphatic rings. The number of hydrazine groups is 1. The van der Waals surface area contributed by atoms with E-state index in [9.17, 15) is 0 Å². The highest BCUT2D eigenvalue weighted by Crippen LogP contribution is 2.18. The van der Waals surface area contributed by atoms with E-state index >= 15 is 0 Å². The molecule has 90 valence electrons. The largest absolute Gasteiger partial charge is 0.395 e. The standard InChI is InChI=1S/C9H18N6O/c1-6(2)15(3-4-16)8-5-7(14-11)12-9(10)13-8/h5-6,16H,3-4,11H2,1-2H3,(H3,10,12,13,14). The summed E-state index contributed by atoms with van der Waals surface area (Å²) in [4.78, 5) is 9.92. The molecule has 0 unspecified atom stereocenters. The predicted octanol–water partition coefficient (Wildman–Crippen LogP) is -0.448. The summed E-state index contributed by atoms with van der Waals surface area (Å²) in [5, 5.41) is 8.99. The fraction of sp³-hybridized carbons (Fsp3) is 0.556. The van der Waals surface area contributed by atoms with E-state index in [1.165, 1.54) is 0 Å². The van der Waals surface area contributed by atoms with E-state index < -0.39 is 0 Å². The first kappa shape index (κ1) is 12.5. The van der Waals surface area contributed by atoms with Gasteiger partial charge in [-0.15, -0.1) is 0 Å². The molecule has 0 radical (unpaired) electrons. The Morgan fingerprint density at radius 3 is 2.69 bits per heavy atom. The van der Waals surface area contributed by atoms with E-state index in [1.54, 1.807) is 6.07 Å². The van der Waals surface area contributed by atoms with Crippen LogP contribution in [0.4, 0.5) is 17.6 Å². The topological polar surface area (TPSA) is 113 Å². The van der Waals surface area contributed by atoms with Crippen molar-refractivity contribution in [2.45, 2.75) is 19.9 Å². The molecule has 1 aromatic rings. The second-order valence-electron chi connectivity index (χ2n) is 3.62. The van der Waals surface area contributed by atoms with Crippen molar-refractivity contribution in [2.75, 3.05) is 29.2 Å². The number of nitrogens with one attached hydrogen (secondary N) is 1. The first-order valence-corrected chi connectivity index (χ1v) is 5.07. The van der Waals surface area contributed by atoms with E-state index in [0.29, 0.717) is 18.2 Å². The third kappa shape index (κ3) is 2.94. The van der Waals surface area contributed by atoms with Crippen LogP contribution < -0.4 is 21.9 Å². The lowest BCUT2D eigenvalue weighted by Gasteiger charge is -2.27. The van der Waals surface area contributed by atoms with Gasteiger partial charge in [0.25, 0.3) is 0 Å². The van der Waals surface area contributed by atoms with Gasteiger partial charge in [-0.25, -0.2) is 5.84 Å². The summed E-state index contributed by atoms with van der Waals surface area (Å²) in [7, 11) is 0. The van der Waals surface area contributed by atoms with Gasteiger partial charge in [-0.3, -0.25) is 0 Å². The third-order valence-corrected chi connectivity index (χ3v) is 2.14. The first-order chi connectivity index (χ1) is 7.58. The van der Waals surface area contributed by atoms with Crippen LogP contribution in [0.1, 0.15) is 13.8 Å². The van der Waals surface area contributed by atoms with Crippen LogP contribution in [-0.2, 0) is 0 Å². The van der Waals surface area contributed by atoms with Crippen LogP contribution in [0.25, 0.3) is 0 Å². The Morgan fingerprint density at radius 1 is 1.50 bits per heavy atom. The van der Waals surface area contributed by atoms with E-state index in [1.807, 2.05) is 18.7 Å². The summed E-state index contributed by atoms with van der Waals surface area (Å²) in [6.45, 7) is 4.54. The van der Waals surface area contributed by atoms with E-state index in [0.717, 1.165) is 0 Å². The Hall–Kier alpha value is -1.60. The number of aromatic nitrogens is 2. The van der Waals surface area contributed by atoms with E-state index in [2.05, 4.69) is 15.4 Å². The van der Waals surface area contributed by atoms with Gasteiger partial charge in [-0.1, -0.05) is 0 Å². The van der Waals surface area contributed by atoms with Gasteiger partial charge in [0, 0.05) is 18.7 Å². The Bertz CT molecular complexity index is 343. The van der Waals surface area contributed by atoms with Gasteiger partial charge in [0.1, 0.15) is 11.6 Å². The van der Waals surface area contributed by atoms with Gasteiger partial charge < -0.3 is 21.2 Å². The zero-order chi connectivity index (χ0) is 12.1. The predicted molar refractivity (Wildman–Crippen MR) is 63.8 cm³/mol. The molecule has 0 atom stereocenters. The van der Waals surface area contributed by atoms with Gasteiger partial charge in [0.05, 0.1) is 6.61 Å². The molecule has 0 aliphatic heterocycles. The molecule has 0 bridgehead atoms. The molecule has 1 aromatic heterocycles. The van der Waals surface area contributed by atoms with Crippen LogP contribution in [0.3, 0.4) is 0 Å². The number of anilines is 3. The lowest BCUT2D eigenvalue weighted by Crippen LogP contribution is -2.34. The highest BCUT2D eigenvalue weighted by molar-refractivity contribution is 5.52. The maximum atomic E-state index is 8.99. The molecule has 1 heterocycles. The molecule has 7 heteroatoms. The van der Waals surface area contributed by atoms with Gasteiger partial charge >= 0.3 is 0 Å². The quantitative estimate of drug-likeness (QED) is 0.397. The van der Waals surface area contributed by atoms with E-state index in [-0.39, 0.29) is 18.6 Å². The minimum Gasteiger partial charge on any atom is -0.395 e. The number of rotatable bonds is 5. The molecule has 1 rings (SSSR count). The minimum atomic E-state index is 0.0491. The first-order valence-electron chi connectivity index (χ1n) is 5.07. The zero-order valence-corrected chi connectivity index (χ0v) is 9.51. The summed E-state index contributed by atoms with van der Waals surface area (Å²) in [5.74, 6) is 6.51. The number of hydrogen-bond acceptors (Lipinski definition) is 7. The number of aliphatic hydroxyl groups excluding tert-OH is 1. The van der Waals surface area contributed by atoms with Crippen molar-refractivity contribution in [3.8, 4) is 0 Å². The fourth-order valence-corrected chi connectivity index (χ4v) is 1.42. The Kier molecular flexibility index (Phi) is 4.27. The minimum absolute atomic E-state index is 0.0491. The third-order valence-electron chi connectivity index (χ3n) is 2.14. The molecule has 0 aliphatic carbocycles. The van der Waals surface area contributed by atoms with Crippen molar-refractivity contribution in [3.63, 3.8) is 0 Å². The van der Waals surface area contributed by atoms with Crippen LogP contribution in [0.2, 0.25) is 0 Å². The molecule has 7 nitrogen and oxygen atoms in total. The molecule has 0 saturated heterocycles. The molecule has 6 N–H and O–H groups in total. The summed E-state index contributed by atoms with van der Waals surface area (Å²) in [6.07, 6.45) is 0. The Labute approximate surface area is 94.4 Å². The van der Waals surface area contributed by atoms with Gasteiger partial charge in [-0.05, 0) is 13.8 Å². The Morgan fingerprint density at radius 2 is 2.19 bits per heavy atom. The molecule has 16 heavy (non-hydrogen) atoms. The average Bonchev–Trinajstić information content (AvgIpc) is 2.24. The molecular weight excluding hydrogens is 208 g/mol. The lowest BCUT2D eigenvalue weighted by molar-refractivity contribution is 0.298. The molecule has 0 spiro atoms.